The summed E-state index contributed by atoms with van der Waals surface area (Å²) in [6.45, 7) is 4.85. The lowest BCUT2D eigenvalue weighted by atomic mass is 10.2. The highest BCUT2D eigenvalue weighted by Crippen LogP contribution is 2.35. The third kappa shape index (κ3) is 4.34. The highest BCUT2D eigenvalue weighted by atomic mass is 16.5. The molecule has 3 aromatic rings. The van der Waals surface area contributed by atoms with Crippen LogP contribution in [0.5, 0.6) is 11.5 Å². The van der Waals surface area contributed by atoms with E-state index >= 15 is 0 Å². The zero-order chi connectivity index (χ0) is 22.5. The number of hydrogen-bond acceptors (Lipinski definition) is 7. The SMILES string of the molecule is CCOc1cc2ncnc(N3CCN(C(=O)Nc4ccc(C#N)cc4)CC3)c2cc1OC. The first-order valence-corrected chi connectivity index (χ1v) is 10.4. The van der Waals surface area contributed by atoms with Crippen LogP contribution in [-0.4, -0.2) is 60.8 Å². The minimum Gasteiger partial charge on any atom is -0.493 e. The first kappa shape index (κ1) is 21.2. The normalized spacial score (nSPS) is 13.5. The summed E-state index contributed by atoms with van der Waals surface area (Å²) in [4.78, 5) is 25.5. The third-order valence-corrected chi connectivity index (χ3v) is 5.33. The predicted molar refractivity (Wildman–Crippen MR) is 121 cm³/mol. The quantitative estimate of drug-likeness (QED) is 0.660. The summed E-state index contributed by atoms with van der Waals surface area (Å²) in [6, 6.07) is 12.5. The van der Waals surface area contributed by atoms with Gasteiger partial charge in [-0.15, -0.1) is 0 Å². The van der Waals surface area contributed by atoms with E-state index in [9.17, 15) is 4.79 Å². The number of piperazine rings is 1. The van der Waals surface area contributed by atoms with Gasteiger partial charge in [-0.1, -0.05) is 0 Å². The van der Waals surface area contributed by atoms with Crippen LogP contribution < -0.4 is 19.7 Å². The van der Waals surface area contributed by atoms with Crippen molar-refractivity contribution in [3.8, 4) is 17.6 Å². The molecule has 2 amide bonds. The molecule has 0 saturated carbocycles. The number of nitrogens with zero attached hydrogens (tertiary/aromatic N) is 5. The highest BCUT2D eigenvalue weighted by Gasteiger charge is 2.24. The van der Waals surface area contributed by atoms with Crippen molar-refractivity contribution in [2.75, 3.05) is 50.1 Å². The van der Waals surface area contributed by atoms with E-state index in [1.54, 1.807) is 42.6 Å². The van der Waals surface area contributed by atoms with Gasteiger partial charge in [0.15, 0.2) is 11.5 Å². The first-order valence-electron chi connectivity index (χ1n) is 10.4. The van der Waals surface area contributed by atoms with Gasteiger partial charge in [-0.2, -0.15) is 5.26 Å². The largest absolute Gasteiger partial charge is 0.493 e. The van der Waals surface area contributed by atoms with Gasteiger partial charge in [-0.3, -0.25) is 0 Å². The maximum absolute atomic E-state index is 12.6. The number of ether oxygens (including phenoxy) is 2. The molecular weight excluding hydrogens is 408 g/mol. The molecule has 0 bridgehead atoms. The van der Waals surface area contributed by atoms with Crippen LogP contribution in [0.25, 0.3) is 10.9 Å². The van der Waals surface area contributed by atoms with Crippen molar-refractivity contribution in [3.63, 3.8) is 0 Å². The number of benzene rings is 2. The minimum atomic E-state index is -0.162. The third-order valence-electron chi connectivity index (χ3n) is 5.33. The molecule has 0 radical (unpaired) electrons. The summed E-state index contributed by atoms with van der Waals surface area (Å²) in [5.74, 6) is 2.09. The number of carbonyl (C=O) groups excluding carboxylic acids is 1. The van der Waals surface area contributed by atoms with Crippen LogP contribution in [0.2, 0.25) is 0 Å². The molecule has 1 aliphatic heterocycles. The van der Waals surface area contributed by atoms with Crippen LogP contribution in [0, 0.1) is 11.3 Å². The van der Waals surface area contributed by atoms with Crippen molar-refractivity contribution in [3.05, 3.63) is 48.3 Å². The van der Waals surface area contributed by atoms with E-state index in [4.69, 9.17) is 14.7 Å². The summed E-state index contributed by atoms with van der Waals surface area (Å²) in [6.07, 6.45) is 1.55. The van der Waals surface area contributed by atoms with Crippen molar-refractivity contribution in [2.45, 2.75) is 6.92 Å². The van der Waals surface area contributed by atoms with Gasteiger partial charge in [0.2, 0.25) is 0 Å². The predicted octanol–water partition coefficient (Wildman–Crippen LogP) is 3.26. The second-order valence-corrected chi connectivity index (χ2v) is 7.24. The van der Waals surface area contributed by atoms with Gasteiger partial charge >= 0.3 is 6.03 Å². The number of nitriles is 1. The van der Waals surface area contributed by atoms with E-state index in [-0.39, 0.29) is 6.03 Å². The van der Waals surface area contributed by atoms with E-state index in [1.165, 1.54) is 0 Å². The molecular formula is C23H24N6O3. The molecule has 1 N–H and O–H groups in total. The summed E-state index contributed by atoms with van der Waals surface area (Å²) in [5.41, 5.74) is 1.99. The fourth-order valence-corrected chi connectivity index (χ4v) is 3.68. The molecule has 164 valence electrons. The van der Waals surface area contributed by atoms with Crippen molar-refractivity contribution in [1.82, 2.24) is 14.9 Å². The maximum atomic E-state index is 12.6. The molecule has 4 rings (SSSR count). The molecule has 1 fully saturated rings. The number of methoxy groups -OCH3 is 1. The molecule has 0 spiro atoms. The monoisotopic (exact) mass is 432 g/mol. The van der Waals surface area contributed by atoms with Crippen molar-refractivity contribution in [1.29, 1.82) is 5.26 Å². The molecule has 0 unspecified atom stereocenters. The first-order chi connectivity index (χ1) is 15.6. The number of amides is 2. The Kier molecular flexibility index (Phi) is 6.22. The standard InChI is InChI=1S/C23H24N6O3/c1-3-32-21-13-19-18(12-20(21)31-2)22(26-15-25-19)28-8-10-29(11-9-28)23(30)27-17-6-4-16(14-24)5-7-17/h4-7,12-13,15H,3,8-11H2,1-2H3,(H,27,30). The van der Waals surface area contributed by atoms with E-state index < -0.39 is 0 Å². The smallest absolute Gasteiger partial charge is 0.321 e. The van der Waals surface area contributed by atoms with Crippen LogP contribution >= 0.6 is 0 Å². The molecule has 1 saturated heterocycles. The molecule has 2 aromatic carbocycles. The van der Waals surface area contributed by atoms with E-state index in [2.05, 4.69) is 26.3 Å². The number of anilines is 2. The summed E-state index contributed by atoms with van der Waals surface area (Å²) >= 11 is 0. The average molecular weight is 432 g/mol. The summed E-state index contributed by atoms with van der Waals surface area (Å²) in [7, 11) is 1.61. The van der Waals surface area contributed by atoms with Gasteiger partial charge in [0.05, 0.1) is 30.9 Å². The Morgan fingerprint density at radius 1 is 1.12 bits per heavy atom. The van der Waals surface area contributed by atoms with E-state index in [1.807, 2.05) is 19.1 Å². The molecule has 9 nitrogen and oxygen atoms in total. The van der Waals surface area contributed by atoms with Crippen molar-refractivity contribution >= 4 is 28.4 Å². The lowest BCUT2D eigenvalue weighted by Crippen LogP contribution is -2.50. The summed E-state index contributed by atoms with van der Waals surface area (Å²) in [5, 5.41) is 12.7. The van der Waals surface area contributed by atoms with Crippen LogP contribution in [0.15, 0.2) is 42.7 Å². The fraction of sp³-hybridized carbons (Fsp3) is 0.304. The maximum Gasteiger partial charge on any atom is 0.321 e. The van der Waals surface area contributed by atoms with Crippen LogP contribution in [0.4, 0.5) is 16.3 Å². The van der Waals surface area contributed by atoms with Crippen LogP contribution in [0.3, 0.4) is 0 Å². The van der Waals surface area contributed by atoms with E-state index in [0.29, 0.717) is 55.5 Å². The van der Waals surface area contributed by atoms with Gasteiger partial charge in [-0.25, -0.2) is 14.8 Å². The van der Waals surface area contributed by atoms with Gasteiger partial charge in [0.25, 0.3) is 0 Å². The number of hydrogen-bond donors (Lipinski definition) is 1. The lowest BCUT2D eigenvalue weighted by molar-refractivity contribution is 0.208. The van der Waals surface area contributed by atoms with Gasteiger partial charge in [0, 0.05) is 43.3 Å². The Labute approximate surface area is 186 Å². The van der Waals surface area contributed by atoms with Crippen molar-refractivity contribution < 1.29 is 14.3 Å². The summed E-state index contributed by atoms with van der Waals surface area (Å²) < 4.78 is 11.1. The number of fused-ring (bicyclic) bond motifs is 1. The number of nitrogens with one attached hydrogen (secondary N) is 1. The molecule has 32 heavy (non-hydrogen) atoms. The van der Waals surface area contributed by atoms with Crippen LogP contribution in [-0.2, 0) is 0 Å². The molecule has 0 atom stereocenters. The van der Waals surface area contributed by atoms with Gasteiger partial charge in [0.1, 0.15) is 12.1 Å². The van der Waals surface area contributed by atoms with E-state index in [0.717, 1.165) is 16.7 Å². The average Bonchev–Trinajstić information content (AvgIpc) is 2.84. The Morgan fingerprint density at radius 3 is 2.53 bits per heavy atom. The second-order valence-electron chi connectivity index (χ2n) is 7.24. The van der Waals surface area contributed by atoms with Gasteiger partial charge in [-0.05, 0) is 37.3 Å². The van der Waals surface area contributed by atoms with Crippen molar-refractivity contribution in [2.24, 2.45) is 0 Å². The Bertz CT molecular complexity index is 1150. The number of aromatic nitrogens is 2. The molecule has 1 aromatic heterocycles. The zero-order valence-electron chi connectivity index (χ0n) is 18.0. The van der Waals surface area contributed by atoms with Gasteiger partial charge < -0.3 is 24.6 Å². The van der Waals surface area contributed by atoms with Crippen LogP contribution in [0.1, 0.15) is 12.5 Å². The zero-order valence-corrected chi connectivity index (χ0v) is 18.0. The molecule has 9 heteroatoms. The highest BCUT2D eigenvalue weighted by molar-refractivity contribution is 5.92. The molecule has 1 aliphatic rings. The Morgan fingerprint density at radius 2 is 1.88 bits per heavy atom. The molecule has 0 aliphatic carbocycles. The Balaban J connectivity index is 1.46. The fourth-order valence-electron chi connectivity index (χ4n) is 3.68. The lowest BCUT2D eigenvalue weighted by Gasteiger charge is -2.35. The number of rotatable bonds is 5. The number of carbonyl (C=O) groups is 1. The second kappa shape index (κ2) is 9.39. The Hall–Kier alpha value is -4.06. The molecule has 2 heterocycles. The number of urea groups is 1. The minimum absolute atomic E-state index is 0.162. The topological polar surface area (TPSA) is 104 Å².